The summed E-state index contributed by atoms with van der Waals surface area (Å²) in [5.74, 6) is -1.80. The molecule has 0 amide bonds. The summed E-state index contributed by atoms with van der Waals surface area (Å²) < 4.78 is 27.7. The van der Waals surface area contributed by atoms with Crippen LogP contribution in [0.1, 0.15) is 60.4 Å². The van der Waals surface area contributed by atoms with Gasteiger partial charge in [0.25, 0.3) is 0 Å². The predicted molar refractivity (Wildman–Crippen MR) is 125 cm³/mol. The molecule has 0 saturated carbocycles. The lowest BCUT2D eigenvalue weighted by atomic mass is 9.87. The Labute approximate surface area is 195 Å². The highest BCUT2D eigenvalue weighted by molar-refractivity contribution is 6.01. The Morgan fingerprint density at radius 1 is 0.788 bits per heavy atom. The maximum Gasteiger partial charge on any atom is 0.181 e. The summed E-state index contributed by atoms with van der Waals surface area (Å²) in [5, 5.41) is 4.58. The van der Waals surface area contributed by atoms with E-state index in [2.05, 4.69) is 14.9 Å². The van der Waals surface area contributed by atoms with Gasteiger partial charge in [-0.2, -0.15) is 0 Å². The first-order valence-electron chi connectivity index (χ1n) is 12.4. The first kappa shape index (κ1) is 22.6. The number of carbonyl (C=O) groups is 1. The summed E-state index contributed by atoms with van der Waals surface area (Å²) in [7, 11) is 0. The fourth-order valence-electron chi connectivity index (χ4n) is 6.03. The maximum absolute atomic E-state index is 14.1. The number of hydrazine groups is 1. The summed E-state index contributed by atoms with van der Waals surface area (Å²) >= 11 is 0. The normalized spacial score (nSPS) is 26.0. The van der Waals surface area contributed by atoms with E-state index in [1.54, 1.807) is 6.07 Å². The number of ketones is 1. The van der Waals surface area contributed by atoms with Crippen LogP contribution in [-0.4, -0.2) is 65.5 Å². The molecular formula is C27H33F2N3O. The van der Waals surface area contributed by atoms with Crippen molar-refractivity contribution in [2.24, 2.45) is 0 Å². The molecule has 5 rings (SSSR count). The molecule has 2 aromatic carbocycles. The highest BCUT2D eigenvalue weighted by Gasteiger charge is 2.44. The van der Waals surface area contributed by atoms with Crippen LogP contribution in [0.15, 0.2) is 48.5 Å². The van der Waals surface area contributed by atoms with Gasteiger partial charge in [-0.3, -0.25) is 4.79 Å². The lowest BCUT2D eigenvalue weighted by molar-refractivity contribution is -0.0606. The maximum atomic E-state index is 14.1. The Morgan fingerprint density at radius 3 is 2.21 bits per heavy atom. The molecule has 0 spiro atoms. The molecule has 33 heavy (non-hydrogen) atoms. The quantitative estimate of drug-likeness (QED) is 0.604. The van der Waals surface area contributed by atoms with Crippen LogP contribution in [-0.2, 0) is 0 Å². The molecule has 176 valence electrons. The van der Waals surface area contributed by atoms with Crippen molar-refractivity contribution < 1.29 is 13.6 Å². The molecule has 2 aromatic rings. The zero-order valence-electron chi connectivity index (χ0n) is 19.1. The second-order valence-electron chi connectivity index (χ2n) is 9.69. The van der Waals surface area contributed by atoms with Crippen molar-refractivity contribution in [3.63, 3.8) is 0 Å². The van der Waals surface area contributed by atoms with Crippen molar-refractivity contribution in [1.29, 1.82) is 0 Å². The number of piperidine rings is 2. The highest BCUT2D eigenvalue weighted by atomic mass is 19.2. The van der Waals surface area contributed by atoms with E-state index < -0.39 is 17.7 Å². The number of Topliss-reactive ketones (excluding diaryl/α,β-unsaturated/α-hetero) is 1. The third-order valence-electron chi connectivity index (χ3n) is 7.78. The summed E-state index contributed by atoms with van der Waals surface area (Å²) in [5.41, 5.74) is 1.37. The van der Waals surface area contributed by atoms with Crippen LogP contribution in [0.2, 0.25) is 0 Å². The Bertz CT molecular complexity index is 955. The van der Waals surface area contributed by atoms with E-state index in [0.29, 0.717) is 17.2 Å². The molecule has 2 atom stereocenters. The SMILES string of the molecule is O=C(c1ccccc1)C1C(c2ccc(F)c(F)c2)CCN1N1CCC(N2CCCCC2)CC1. The van der Waals surface area contributed by atoms with Gasteiger partial charge in [0, 0.05) is 37.2 Å². The van der Waals surface area contributed by atoms with Gasteiger partial charge in [0.1, 0.15) is 0 Å². The largest absolute Gasteiger partial charge is 0.300 e. The van der Waals surface area contributed by atoms with Crippen molar-refractivity contribution in [2.75, 3.05) is 32.7 Å². The summed E-state index contributed by atoms with van der Waals surface area (Å²) in [4.78, 5) is 16.4. The van der Waals surface area contributed by atoms with Crippen LogP contribution >= 0.6 is 0 Å². The number of nitrogens with zero attached hydrogens (tertiary/aromatic N) is 3. The topological polar surface area (TPSA) is 26.8 Å². The van der Waals surface area contributed by atoms with E-state index in [9.17, 15) is 13.6 Å². The second-order valence-corrected chi connectivity index (χ2v) is 9.69. The Kier molecular flexibility index (Phi) is 6.86. The zero-order chi connectivity index (χ0) is 22.8. The van der Waals surface area contributed by atoms with E-state index >= 15 is 0 Å². The molecule has 0 radical (unpaired) electrons. The molecule has 0 aromatic heterocycles. The first-order chi connectivity index (χ1) is 16.1. The number of benzene rings is 2. The molecule has 3 saturated heterocycles. The van der Waals surface area contributed by atoms with Gasteiger partial charge in [-0.25, -0.2) is 18.8 Å². The molecule has 3 aliphatic rings. The van der Waals surface area contributed by atoms with Crippen LogP contribution in [0.25, 0.3) is 0 Å². The van der Waals surface area contributed by atoms with Crippen molar-refractivity contribution in [3.8, 4) is 0 Å². The lowest BCUT2D eigenvalue weighted by Gasteiger charge is -2.44. The number of hydrogen-bond donors (Lipinski definition) is 0. The number of likely N-dealkylation sites (tertiary alicyclic amines) is 1. The number of halogens is 2. The summed E-state index contributed by atoms with van der Waals surface area (Å²) in [6.07, 6.45) is 6.92. The van der Waals surface area contributed by atoms with Gasteiger partial charge < -0.3 is 4.90 Å². The number of carbonyl (C=O) groups excluding carboxylic acids is 1. The smallest absolute Gasteiger partial charge is 0.181 e. The molecule has 0 N–H and O–H groups in total. The lowest BCUT2D eigenvalue weighted by Crippen LogP contribution is -2.55. The van der Waals surface area contributed by atoms with Gasteiger partial charge in [0.2, 0.25) is 0 Å². The monoisotopic (exact) mass is 453 g/mol. The fraction of sp³-hybridized carbons (Fsp3) is 0.519. The van der Waals surface area contributed by atoms with Crippen molar-refractivity contribution >= 4 is 5.78 Å². The van der Waals surface area contributed by atoms with E-state index in [1.807, 2.05) is 30.3 Å². The van der Waals surface area contributed by atoms with E-state index in [-0.39, 0.29) is 11.7 Å². The summed E-state index contributed by atoms with van der Waals surface area (Å²) in [6, 6.07) is 13.7. The average Bonchev–Trinajstić information content (AvgIpc) is 3.31. The third-order valence-corrected chi connectivity index (χ3v) is 7.78. The molecule has 0 bridgehead atoms. The minimum Gasteiger partial charge on any atom is -0.300 e. The van der Waals surface area contributed by atoms with Crippen molar-refractivity contribution in [1.82, 2.24) is 14.9 Å². The van der Waals surface area contributed by atoms with Crippen LogP contribution in [0.5, 0.6) is 0 Å². The van der Waals surface area contributed by atoms with Crippen LogP contribution in [0.3, 0.4) is 0 Å². The van der Waals surface area contributed by atoms with E-state index in [0.717, 1.165) is 38.9 Å². The molecular weight excluding hydrogens is 420 g/mol. The van der Waals surface area contributed by atoms with Gasteiger partial charge in [0.15, 0.2) is 17.4 Å². The van der Waals surface area contributed by atoms with E-state index in [4.69, 9.17) is 0 Å². The van der Waals surface area contributed by atoms with Crippen molar-refractivity contribution in [2.45, 2.75) is 56.5 Å². The highest BCUT2D eigenvalue weighted by Crippen LogP contribution is 2.38. The molecule has 6 heteroatoms. The minimum absolute atomic E-state index is 0.0565. The van der Waals surface area contributed by atoms with Gasteiger partial charge in [0.05, 0.1) is 6.04 Å². The Balaban J connectivity index is 1.36. The van der Waals surface area contributed by atoms with E-state index in [1.165, 1.54) is 44.5 Å². The zero-order valence-corrected chi connectivity index (χ0v) is 19.1. The van der Waals surface area contributed by atoms with Gasteiger partial charge in [-0.15, -0.1) is 0 Å². The van der Waals surface area contributed by atoms with Crippen LogP contribution < -0.4 is 0 Å². The molecule has 2 unspecified atom stereocenters. The average molecular weight is 454 g/mol. The van der Waals surface area contributed by atoms with Gasteiger partial charge >= 0.3 is 0 Å². The third kappa shape index (κ3) is 4.75. The van der Waals surface area contributed by atoms with Crippen molar-refractivity contribution in [3.05, 3.63) is 71.3 Å². The van der Waals surface area contributed by atoms with Crippen LogP contribution in [0, 0.1) is 11.6 Å². The Morgan fingerprint density at radius 2 is 1.52 bits per heavy atom. The molecule has 4 nitrogen and oxygen atoms in total. The second kappa shape index (κ2) is 10.00. The number of rotatable bonds is 5. The predicted octanol–water partition coefficient (Wildman–Crippen LogP) is 4.87. The molecule has 0 aliphatic carbocycles. The minimum atomic E-state index is -0.848. The van der Waals surface area contributed by atoms with Gasteiger partial charge in [-0.1, -0.05) is 42.8 Å². The Hall–Kier alpha value is -2.15. The van der Waals surface area contributed by atoms with Gasteiger partial charge in [-0.05, 0) is 62.9 Å². The first-order valence-corrected chi connectivity index (χ1v) is 12.4. The molecule has 3 aliphatic heterocycles. The van der Waals surface area contributed by atoms with Crippen LogP contribution in [0.4, 0.5) is 8.78 Å². The number of hydrogen-bond acceptors (Lipinski definition) is 4. The summed E-state index contributed by atoms with van der Waals surface area (Å²) in [6.45, 7) is 5.04. The fourth-order valence-corrected chi connectivity index (χ4v) is 6.03. The standard InChI is InChI=1S/C27H33F2N3O/c28-24-10-9-21(19-25(24)29)23-13-18-32(26(23)27(33)20-7-3-1-4-8-20)31-16-11-22(12-17-31)30-14-5-2-6-15-30/h1,3-4,7-10,19,22-23,26H,2,5-6,11-18H2. The molecule has 3 fully saturated rings. The molecule has 3 heterocycles.